The fraction of sp³-hybridized carbons (Fsp3) is 0.556. The summed E-state index contributed by atoms with van der Waals surface area (Å²) >= 11 is 5.65. The highest BCUT2D eigenvalue weighted by Gasteiger charge is 2.33. The van der Waals surface area contributed by atoms with E-state index in [1.807, 2.05) is 0 Å². The molecule has 3 rings (SSSR count). The first-order chi connectivity index (χ1) is 15.2. The second-order valence-corrected chi connectivity index (χ2v) is 7.30. The smallest absolute Gasteiger partial charge is 0.283 e. The lowest BCUT2D eigenvalue weighted by atomic mass is 10.2. The van der Waals surface area contributed by atoms with Gasteiger partial charge >= 0.3 is 0 Å². The Morgan fingerprint density at radius 2 is 1.88 bits per heavy atom. The Balaban J connectivity index is 1.89. The van der Waals surface area contributed by atoms with E-state index in [4.69, 9.17) is 16.3 Å². The average molecular weight is 481 g/mol. The number of carbonyl (C=O) groups excluding carboxylic acids is 2. The van der Waals surface area contributed by atoms with Crippen molar-refractivity contribution < 1.29 is 31.9 Å². The number of nitrogens with one attached hydrogen (secondary N) is 1. The third-order valence-electron chi connectivity index (χ3n) is 4.97. The van der Waals surface area contributed by atoms with Crippen LogP contribution in [0.4, 0.5) is 23.2 Å². The summed E-state index contributed by atoms with van der Waals surface area (Å²) < 4.78 is 60.2. The van der Waals surface area contributed by atoms with Gasteiger partial charge in [-0.15, -0.1) is 0 Å². The number of halogens is 5. The number of amides is 2. The summed E-state index contributed by atoms with van der Waals surface area (Å²) in [5, 5.41) is 9.09. The average Bonchev–Trinajstić information content (AvgIpc) is 3.33. The Bertz CT molecular complexity index is 990. The Hall–Kier alpha value is -2.67. The number of hydrogen-bond donors (Lipinski definition) is 1. The minimum atomic E-state index is -3.24. The summed E-state index contributed by atoms with van der Waals surface area (Å²) in [6, 6.07) is -1.43. The molecule has 1 aliphatic heterocycles. The van der Waals surface area contributed by atoms with Gasteiger partial charge in [0.1, 0.15) is 23.1 Å². The van der Waals surface area contributed by atoms with Crippen LogP contribution in [0.25, 0.3) is 0 Å². The summed E-state index contributed by atoms with van der Waals surface area (Å²) in [7, 11) is 0. The van der Waals surface area contributed by atoms with Crippen LogP contribution in [0.1, 0.15) is 54.6 Å². The van der Waals surface area contributed by atoms with Crippen LogP contribution in [0.15, 0.2) is 6.20 Å². The predicted molar refractivity (Wildman–Crippen MR) is 105 cm³/mol. The van der Waals surface area contributed by atoms with E-state index in [0.29, 0.717) is 37.5 Å². The minimum Gasteiger partial charge on any atom is -0.378 e. The molecule has 1 N–H and O–H groups in total. The Morgan fingerprint density at radius 1 is 1.22 bits per heavy atom. The van der Waals surface area contributed by atoms with Crippen LogP contribution in [0.3, 0.4) is 0 Å². The Kier molecular flexibility index (Phi) is 7.39. The van der Waals surface area contributed by atoms with Crippen LogP contribution in [-0.4, -0.2) is 62.6 Å². The van der Waals surface area contributed by atoms with Gasteiger partial charge in [0.15, 0.2) is 0 Å². The lowest BCUT2D eigenvalue weighted by Gasteiger charge is -2.27. The number of ether oxygens (including phenoxy) is 1. The molecule has 9 nitrogen and oxygen atoms in total. The van der Waals surface area contributed by atoms with Crippen molar-refractivity contribution >= 4 is 29.1 Å². The van der Waals surface area contributed by atoms with E-state index in [0.717, 1.165) is 0 Å². The highest BCUT2D eigenvalue weighted by molar-refractivity contribution is 6.32. The Morgan fingerprint density at radius 3 is 2.44 bits per heavy atom. The first-order valence-corrected chi connectivity index (χ1v) is 10.1. The number of carbonyl (C=O) groups is 2. The van der Waals surface area contributed by atoms with Crippen molar-refractivity contribution in [3.63, 3.8) is 0 Å². The normalized spacial score (nSPS) is 15.5. The van der Waals surface area contributed by atoms with Gasteiger partial charge in [0, 0.05) is 19.6 Å². The van der Waals surface area contributed by atoms with Crippen LogP contribution >= 0.6 is 11.6 Å². The van der Waals surface area contributed by atoms with E-state index in [1.165, 1.54) is 17.8 Å². The molecule has 1 unspecified atom stereocenters. The van der Waals surface area contributed by atoms with E-state index >= 15 is 0 Å². The van der Waals surface area contributed by atoms with Gasteiger partial charge < -0.3 is 15.0 Å². The number of nitrogens with zero attached hydrogens (tertiary/aromatic N) is 5. The summed E-state index contributed by atoms with van der Waals surface area (Å²) in [6.45, 7) is 4.74. The molecule has 0 spiro atoms. The number of morpholine rings is 1. The Labute approximate surface area is 185 Å². The van der Waals surface area contributed by atoms with Gasteiger partial charge in [0.05, 0.1) is 30.1 Å². The number of anilines is 1. The van der Waals surface area contributed by atoms with Gasteiger partial charge in [-0.25, -0.2) is 22.2 Å². The lowest BCUT2D eigenvalue weighted by molar-refractivity contribution is -0.119. The SMILES string of the molecule is CCn1ncc(NC(=O)C(C)n2nc(C(F)F)c(Cl)c2C(F)F)c1C(=O)N1CCOCC1. The number of hydrogen-bond acceptors (Lipinski definition) is 5. The first-order valence-electron chi connectivity index (χ1n) is 9.75. The molecule has 1 atom stereocenters. The molecular formula is C18H21ClF4N6O3. The number of aryl methyl sites for hydroxylation is 1. The lowest BCUT2D eigenvalue weighted by Crippen LogP contribution is -2.42. The zero-order chi connectivity index (χ0) is 23.6. The molecule has 1 fully saturated rings. The third kappa shape index (κ3) is 4.58. The fourth-order valence-corrected chi connectivity index (χ4v) is 3.57. The van der Waals surface area contributed by atoms with Crippen LogP contribution in [0.5, 0.6) is 0 Å². The largest absolute Gasteiger partial charge is 0.378 e. The van der Waals surface area contributed by atoms with Gasteiger partial charge in [-0.3, -0.25) is 14.3 Å². The third-order valence-corrected chi connectivity index (χ3v) is 5.36. The molecular weight excluding hydrogens is 460 g/mol. The van der Waals surface area contributed by atoms with Crippen molar-refractivity contribution in [1.29, 1.82) is 0 Å². The molecule has 176 valence electrons. The zero-order valence-electron chi connectivity index (χ0n) is 17.2. The van der Waals surface area contributed by atoms with E-state index < -0.39 is 41.2 Å². The van der Waals surface area contributed by atoms with Crippen LogP contribution in [0.2, 0.25) is 5.02 Å². The molecule has 2 aromatic rings. The molecule has 0 saturated carbocycles. The molecule has 1 aliphatic rings. The summed E-state index contributed by atoms with van der Waals surface area (Å²) in [5.41, 5.74) is -1.86. The summed E-state index contributed by atoms with van der Waals surface area (Å²) in [4.78, 5) is 27.3. The van der Waals surface area contributed by atoms with Crippen LogP contribution < -0.4 is 5.32 Å². The fourth-order valence-electron chi connectivity index (χ4n) is 3.28. The number of rotatable bonds is 7. The van der Waals surface area contributed by atoms with Crippen molar-refractivity contribution in [3.05, 3.63) is 28.3 Å². The van der Waals surface area contributed by atoms with Gasteiger partial charge in [0.25, 0.3) is 18.8 Å². The van der Waals surface area contributed by atoms with E-state index in [-0.39, 0.29) is 17.3 Å². The zero-order valence-corrected chi connectivity index (χ0v) is 18.0. The molecule has 2 aromatic heterocycles. The summed E-state index contributed by atoms with van der Waals surface area (Å²) in [6.07, 6.45) is -5.17. The van der Waals surface area contributed by atoms with Crippen molar-refractivity contribution in [3.8, 4) is 0 Å². The van der Waals surface area contributed by atoms with Gasteiger partial charge in [-0.2, -0.15) is 10.2 Å². The van der Waals surface area contributed by atoms with Crippen molar-refractivity contribution in [1.82, 2.24) is 24.5 Å². The van der Waals surface area contributed by atoms with Crippen LogP contribution in [-0.2, 0) is 16.1 Å². The van der Waals surface area contributed by atoms with Crippen molar-refractivity contribution in [2.45, 2.75) is 39.3 Å². The molecule has 1 saturated heterocycles. The predicted octanol–water partition coefficient (Wildman–Crippen LogP) is 3.30. The molecule has 0 aromatic carbocycles. The van der Waals surface area contributed by atoms with Gasteiger partial charge in [0.2, 0.25) is 5.91 Å². The molecule has 0 bridgehead atoms. The molecule has 32 heavy (non-hydrogen) atoms. The van der Waals surface area contributed by atoms with Gasteiger partial charge in [-0.1, -0.05) is 11.6 Å². The molecule has 14 heteroatoms. The molecule has 3 heterocycles. The topological polar surface area (TPSA) is 94.3 Å². The maximum absolute atomic E-state index is 13.4. The molecule has 0 radical (unpaired) electrons. The van der Waals surface area contributed by atoms with Crippen LogP contribution in [0, 0.1) is 0 Å². The molecule has 0 aliphatic carbocycles. The summed E-state index contributed by atoms with van der Waals surface area (Å²) in [5.74, 6) is -1.25. The number of aromatic nitrogens is 4. The van der Waals surface area contributed by atoms with E-state index in [1.54, 1.807) is 11.8 Å². The first kappa shape index (κ1) is 24.0. The second kappa shape index (κ2) is 9.86. The van der Waals surface area contributed by atoms with Crippen molar-refractivity contribution in [2.24, 2.45) is 0 Å². The highest BCUT2D eigenvalue weighted by atomic mass is 35.5. The minimum absolute atomic E-state index is 0.0612. The quantitative estimate of drug-likeness (QED) is 0.614. The second-order valence-electron chi connectivity index (χ2n) is 6.92. The van der Waals surface area contributed by atoms with Crippen molar-refractivity contribution in [2.75, 3.05) is 31.6 Å². The van der Waals surface area contributed by atoms with E-state index in [2.05, 4.69) is 15.5 Å². The van der Waals surface area contributed by atoms with Gasteiger partial charge in [-0.05, 0) is 13.8 Å². The molecule has 2 amide bonds. The maximum Gasteiger partial charge on any atom is 0.283 e. The monoisotopic (exact) mass is 480 g/mol. The maximum atomic E-state index is 13.4. The highest BCUT2D eigenvalue weighted by Crippen LogP contribution is 2.36. The standard InChI is InChI=1S/C18H21ClF4N6O3/c1-3-28-13(18(31)27-4-6-32-7-5-27)10(8-24-28)25-17(30)9(2)29-14(16(22)23)11(19)12(26-29)15(20)21/h8-9,15-16H,3-7H2,1-2H3,(H,25,30). The number of alkyl halides is 4. The van der Waals surface area contributed by atoms with E-state index in [9.17, 15) is 27.2 Å².